The largest absolute Gasteiger partial charge is 0.496 e. The summed E-state index contributed by atoms with van der Waals surface area (Å²) >= 11 is 0. The van der Waals surface area contributed by atoms with Crippen molar-refractivity contribution in [2.45, 2.75) is 12.8 Å². The van der Waals surface area contributed by atoms with Crippen LogP contribution in [0.25, 0.3) is 0 Å². The molecule has 1 heterocycles. The molecule has 2 N–H and O–H groups in total. The summed E-state index contributed by atoms with van der Waals surface area (Å²) in [6.07, 6.45) is 1.93. The highest BCUT2D eigenvalue weighted by atomic mass is 16.5. The zero-order valence-electron chi connectivity index (χ0n) is 13.0. The molecule has 0 aromatic heterocycles. The molecule has 0 spiro atoms. The first kappa shape index (κ1) is 16.3. The van der Waals surface area contributed by atoms with E-state index in [1.54, 1.807) is 19.2 Å². The van der Waals surface area contributed by atoms with Crippen LogP contribution in [0.5, 0.6) is 5.75 Å². The number of rotatable bonds is 6. The Balaban J connectivity index is 1.88. The third kappa shape index (κ3) is 4.71. The molecule has 6 heteroatoms. The van der Waals surface area contributed by atoms with Gasteiger partial charge in [-0.05, 0) is 43.5 Å². The average Bonchev–Trinajstić information content (AvgIpc) is 2.49. The van der Waals surface area contributed by atoms with Gasteiger partial charge in [0, 0.05) is 26.2 Å². The fourth-order valence-corrected chi connectivity index (χ4v) is 2.72. The topological polar surface area (TPSA) is 56.2 Å². The van der Waals surface area contributed by atoms with Gasteiger partial charge in [-0.25, -0.2) is 0 Å². The maximum Gasteiger partial charge on any atom is 0.488 e. The van der Waals surface area contributed by atoms with Crippen molar-refractivity contribution in [1.82, 2.24) is 9.80 Å². The Morgan fingerprint density at radius 2 is 1.90 bits per heavy atom. The van der Waals surface area contributed by atoms with E-state index in [0.29, 0.717) is 5.46 Å². The summed E-state index contributed by atoms with van der Waals surface area (Å²) < 4.78 is 5.35. The van der Waals surface area contributed by atoms with Crippen LogP contribution in [0.2, 0.25) is 0 Å². The zero-order valence-corrected chi connectivity index (χ0v) is 13.0. The number of aryl methyl sites for hydroxylation is 1. The first-order valence-electron chi connectivity index (χ1n) is 7.54. The van der Waals surface area contributed by atoms with Crippen molar-refractivity contribution in [2.75, 3.05) is 46.9 Å². The van der Waals surface area contributed by atoms with Gasteiger partial charge in [0.1, 0.15) is 5.75 Å². The summed E-state index contributed by atoms with van der Waals surface area (Å²) in [6, 6.07) is 5.32. The van der Waals surface area contributed by atoms with Gasteiger partial charge in [0.25, 0.3) is 0 Å². The standard InChI is InChI=1S/C15H25BN2O3/c1-17-8-10-18(11-9-17)7-3-4-13-12-14(16(19)20)5-6-15(13)21-2/h5-6,12,19-20H,3-4,7-11H2,1-2H3. The minimum Gasteiger partial charge on any atom is -0.496 e. The molecule has 0 amide bonds. The third-order valence-electron chi connectivity index (χ3n) is 4.12. The van der Waals surface area contributed by atoms with Crippen molar-refractivity contribution in [1.29, 1.82) is 0 Å². The van der Waals surface area contributed by atoms with E-state index in [1.807, 2.05) is 6.07 Å². The number of benzene rings is 1. The molecule has 21 heavy (non-hydrogen) atoms. The van der Waals surface area contributed by atoms with Crippen LogP contribution in [0.15, 0.2) is 18.2 Å². The SMILES string of the molecule is COc1ccc(B(O)O)cc1CCCN1CCN(C)CC1. The molecular formula is C15H25BN2O3. The molecule has 1 fully saturated rings. The van der Waals surface area contributed by atoms with E-state index in [2.05, 4.69) is 16.8 Å². The van der Waals surface area contributed by atoms with E-state index in [0.717, 1.165) is 56.9 Å². The Kier molecular flexibility index (Phi) is 6.05. The quantitative estimate of drug-likeness (QED) is 0.696. The molecular weight excluding hydrogens is 267 g/mol. The van der Waals surface area contributed by atoms with Crippen LogP contribution in [-0.2, 0) is 6.42 Å². The van der Waals surface area contributed by atoms with Crippen molar-refractivity contribution in [2.24, 2.45) is 0 Å². The molecule has 0 saturated carbocycles. The molecule has 0 unspecified atom stereocenters. The van der Waals surface area contributed by atoms with E-state index in [-0.39, 0.29) is 0 Å². The second kappa shape index (κ2) is 7.80. The Morgan fingerprint density at radius 1 is 1.19 bits per heavy atom. The van der Waals surface area contributed by atoms with E-state index < -0.39 is 7.12 Å². The lowest BCUT2D eigenvalue weighted by molar-refractivity contribution is 0.153. The summed E-state index contributed by atoms with van der Waals surface area (Å²) in [4.78, 5) is 4.84. The fraction of sp³-hybridized carbons (Fsp3) is 0.600. The van der Waals surface area contributed by atoms with Crippen LogP contribution in [0.3, 0.4) is 0 Å². The molecule has 1 saturated heterocycles. The van der Waals surface area contributed by atoms with Gasteiger partial charge in [0.15, 0.2) is 0 Å². The van der Waals surface area contributed by atoms with E-state index in [9.17, 15) is 10.0 Å². The third-order valence-corrected chi connectivity index (χ3v) is 4.12. The van der Waals surface area contributed by atoms with Crippen molar-refractivity contribution < 1.29 is 14.8 Å². The van der Waals surface area contributed by atoms with Crippen LogP contribution < -0.4 is 10.2 Å². The summed E-state index contributed by atoms with van der Waals surface area (Å²) in [7, 11) is 2.38. The normalized spacial score (nSPS) is 17.0. The molecule has 116 valence electrons. The Labute approximate surface area is 127 Å². The number of ether oxygens (including phenoxy) is 1. The second-order valence-electron chi connectivity index (χ2n) is 5.69. The van der Waals surface area contributed by atoms with Gasteiger partial charge < -0.3 is 24.6 Å². The molecule has 1 aliphatic heterocycles. The van der Waals surface area contributed by atoms with Gasteiger partial charge in [-0.2, -0.15) is 0 Å². The maximum atomic E-state index is 9.27. The number of hydrogen-bond donors (Lipinski definition) is 2. The molecule has 0 atom stereocenters. The van der Waals surface area contributed by atoms with Gasteiger partial charge in [-0.1, -0.05) is 12.1 Å². The lowest BCUT2D eigenvalue weighted by Crippen LogP contribution is -2.44. The number of piperazine rings is 1. The summed E-state index contributed by atoms with van der Waals surface area (Å²) in [5.74, 6) is 0.817. The predicted octanol–water partition coefficient (Wildman–Crippen LogP) is -0.445. The van der Waals surface area contributed by atoms with Gasteiger partial charge in [0.05, 0.1) is 7.11 Å². The van der Waals surface area contributed by atoms with Crippen LogP contribution in [0.1, 0.15) is 12.0 Å². The first-order valence-corrected chi connectivity index (χ1v) is 7.54. The first-order chi connectivity index (χ1) is 10.1. The summed E-state index contributed by atoms with van der Waals surface area (Å²) in [5, 5.41) is 18.5. The van der Waals surface area contributed by atoms with Crippen molar-refractivity contribution >= 4 is 12.6 Å². The smallest absolute Gasteiger partial charge is 0.488 e. The molecule has 2 rings (SSSR count). The molecule has 1 aromatic carbocycles. The Hall–Kier alpha value is -1.08. The summed E-state index contributed by atoms with van der Waals surface area (Å²) in [6.45, 7) is 5.60. The monoisotopic (exact) mass is 292 g/mol. The lowest BCUT2D eigenvalue weighted by Gasteiger charge is -2.32. The molecule has 5 nitrogen and oxygen atoms in total. The van der Waals surface area contributed by atoms with Crippen molar-refractivity contribution in [3.63, 3.8) is 0 Å². The van der Waals surface area contributed by atoms with Crippen LogP contribution in [0.4, 0.5) is 0 Å². The predicted molar refractivity (Wildman–Crippen MR) is 85.1 cm³/mol. The van der Waals surface area contributed by atoms with Crippen molar-refractivity contribution in [3.8, 4) is 5.75 Å². The fourth-order valence-electron chi connectivity index (χ4n) is 2.72. The highest BCUT2D eigenvalue weighted by Gasteiger charge is 2.15. The molecule has 0 radical (unpaired) electrons. The second-order valence-corrected chi connectivity index (χ2v) is 5.69. The van der Waals surface area contributed by atoms with Crippen molar-refractivity contribution in [3.05, 3.63) is 23.8 Å². The maximum absolute atomic E-state index is 9.27. The minimum atomic E-state index is -1.42. The summed E-state index contributed by atoms with van der Waals surface area (Å²) in [5.41, 5.74) is 1.56. The number of hydrogen-bond acceptors (Lipinski definition) is 5. The number of likely N-dealkylation sites (N-methyl/N-ethyl adjacent to an activating group) is 1. The van der Waals surface area contributed by atoms with Gasteiger partial charge >= 0.3 is 7.12 Å². The number of methoxy groups -OCH3 is 1. The lowest BCUT2D eigenvalue weighted by atomic mass is 9.79. The van der Waals surface area contributed by atoms with Gasteiger partial charge in [-0.15, -0.1) is 0 Å². The van der Waals surface area contributed by atoms with Crippen LogP contribution in [-0.4, -0.2) is 73.8 Å². The molecule has 1 aromatic rings. The Bertz CT molecular complexity index is 449. The van der Waals surface area contributed by atoms with Crippen LogP contribution in [0, 0.1) is 0 Å². The number of nitrogens with zero attached hydrogens (tertiary/aromatic N) is 2. The highest BCUT2D eigenvalue weighted by molar-refractivity contribution is 6.58. The van der Waals surface area contributed by atoms with E-state index in [4.69, 9.17) is 4.74 Å². The van der Waals surface area contributed by atoms with Gasteiger partial charge in [-0.3, -0.25) is 0 Å². The average molecular weight is 292 g/mol. The minimum absolute atomic E-state index is 0.519. The van der Waals surface area contributed by atoms with Crippen LogP contribution >= 0.6 is 0 Å². The van der Waals surface area contributed by atoms with E-state index >= 15 is 0 Å². The molecule has 0 aliphatic carbocycles. The van der Waals surface area contributed by atoms with E-state index in [1.165, 1.54) is 0 Å². The Morgan fingerprint density at radius 3 is 2.52 bits per heavy atom. The molecule has 0 bridgehead atoms. The highest BCUT2D eigenvalue weighted by Crippen LogP contribution is 2.18. The zero-order chi connectivity index (χ0) is 15.2. The molecule has 1 aliphatic rings. The van der Waals surface area contributed by atoms with Gasteiger partial charge in [0.2, 0.25) is 0 Å².